The van der Waals surface area contributed by atoms with Crippen molar-refractivity contribution in [3.63, 3.8) is 0 Å². The summed E-state index contributed by atoms with van der Waals surface area (Å²) in [4.78, 5) is 9.07. The van der Waals surface area contributed by atoms with Gasteiger partial charge in [0, 0.05) is 24.5 Å². The van der Waals surface area contributed by atoms with Crippen LogP contribution in [0, 0.1) is 13.8 Å². The standard InChI is InChI=1S/C16H19N3O3S/c1-12-10-13(2)18-16(17-12)15-11-19(8-9-22-15)23(20,21)14-6-4-3-5-7-14/h3-7,10,15H,8-9,11H2,1-2H3. The second kappa shape index (κ2) is 6.35. The Morgan fingerprint density at radius 1 is 1.13 bits per heavy atom. The Morgan fingerprint density at radius 2 is 1.78 bits per heavy atom. The van der Waals surface area contributed by atoms with Crippen LogP contribution in [0.15, 0.2) is 41.3 Å². The van der Waals surface area contributed by atoms with Crippen molar-refractivity contribution in [1.82, 2.24) is 14.3 Å². The highest BCUT2D eigenvalue weighted by atomic mass is 32.2. The fourth-order valence-corrected chi connectivity index (χ4v) is 4.08. The summed E-state index contributed by atoms with van der Waals surface area (Å²) in [6, 6.07) is 10.3. The quantitative estimate of drug-likeness (QED) is 0.857. The Morgan fingerprint density at radius 3 is 2.43 bits per heavy atom. The Balaban J connectivity index is 1.86. The van der Waals surface area contributed by atoms with E-state index in [0.29, 0.717) is 23.9 Å². The van der Waals surface area contributed by atoms with E-state index in [0.717, 1.165) is 11.4 Å². The van der Waals surface area contributed by atoms with Gasteiger partial charge in [-0.3, -0.25) is 0 Å². The highest BCUT2D eigenvalue weighted by Gasteiger charge is 2.32. The summed E-state index contributed by atoms with van der Waals surface area (Å²) in [6.45, 7) is 4.66. The first-order valence-electron chi connectivity index (χ1n) is 7.46. The van der Waals surface area contributed by atoms with E-state index in [9.17, 15) is 8.42 Å². The maximum atomic E-state index is 12.7. The predicted octanol–water partition coefficient (Wildman–Crippen LogP) is 1.86. The number of sulfonamides is 1. The molecule has 122 valence electrons. The number of nitrogens with zero attached hydrogens (tertiary/aromatic N) is 3. The van der Waals surface area contributed by atoms with Crippen molar-refractivity contribution in [1.29, 1.82) is 0 Å². The summed E-state index contributed by atoms with van der Waals surface area (Å²) in [5.74, 6) is 0.537. The van der Waals surface area contributed by atoms with Crippen molar-refractivity contribution in [2.75, 3.05) is 19.7 Å². The normalized spacial score (nSPS) is 19.7. The molecule has 0 spiro atoms. The lowest BCUT2D eigenvalue weighted by atomic mass is 10.2. The van der Waals surface area contributed by atoms with Gasteiger partial charge in [0.05, 0.1) is 11.5 Å². The van der Waals surface area contributed by atoms with Gasteiger partial charge in [-0.15, -0.1) is 0 Å². The Labute approximate surface area is 136 Å². The minimum absolute atomic E-state index is 0.222. The Kier molecular flexibility index (Phi) is 4.43. The molecule has 2 aromatic rings. The second-order valence-corrected chi connectivity index (χ2v) is 7.48. The molecule has 2 heterocycles. The van der Waals surface area contributed by atoms with Crippen molar-refractivity contribution < 1.29 is 13.2 Å². The molecule has 23 heavy (non-hydrogen) atoms. The van der Waals surface area contributed by atoms with Crippen LogP contribution in [-0.4, -0.2) is 42.4 Å². The zero-order chi connectivity index (χ0) is 16.4. The van der Waals surface area contributed by atoms with Crippen LogP contribution < -0.4 is 0 Å². The molecule has 7 heteroatoms. The number of morpholine rings is 1. The van der Waals surface area contributed by atoms with Gasteiger partial charge in [-0.1, -0.05) is 18.2 Å². The van der Waals surface area contributed by atoms with Gasteiger partial charge in [0.25, 0.3) is 0 Å². The van der Waals surface area contributed by atoms with E-state index in [1.54, 1.807) is 30.3 Å². The van der Waals surface area contributed by atoms with Gasteiger partial charge in [-0.2, -0.15) is 4.31 Å². The molecule has 1 fully saturated rings. The summed E-state index contributed by atoms with van der Waals surface area (Å²) >= 11 is 0. The molecule has 1 aromatic heterocycles. The van der Waals surface area contributed by atoms with Gasteiger partial charge in [0.15, 0.2) is 5.82 Å². The molecule has 0 radical (unpaired) electrons. The molecule has 0 aliphatic carbocycles. The minimum Gasteiger partial charge on any atom is -0.367 e. The summed E-state index contributed by atoms with van der Waals surface area (Å²) in [6.07, 6.45) is -0.444. The molecule has 6 nitrogen and oxygen atoms in total. The monoisotopic (exact) mass is 333 g/mol. The lowest BCUT2D eigenvalue weighted by Crippen LogP contribution is -2.42. The Hall–Kier alpha value is -1.83. The van der Waals surface area contributed by atoms with Crippen LogP contribution in [0.3, 0.4) is 0 Å². The zero-order valence-corrected chi connectivity index (χ0v) is 14.0. The highest BCUT2D eigenvalue weighted by Crippen LogP contribution is 2.24. The first-order chi connectivity index (χ1) is 11.0. The molecule has 3 rings (SSSR count). The molecule has 1 saturated heterocycles. The van der Waals surface area contributed by atoms with Crippen LogP contribution in [-0.2, 0) is 14.8 Å². The fourth-order valence-electron chi connectivity index (χ4n) is 2.64. The van der Waals surface area contributed by atoms with Crippen molar-refractivity contribution >= 4 is 10.0 Å². The number of hydrogen-bond donors (Lipinski definition) is 0. The van der Waals surface area contributed by atoms with Gasteiger partial charge >= 0.3 is 0 Å². The molecular formula is C16H19N3O3S. The first-order valence-corrected chi connectivity index (χ1v) is 8.90. The molecule has 1 aromatic carbocycles. The second-order valence-electron chi connectivity index (χ2n) is 5.54. The number of aryl methyl sites for hydroxylation is 2. The molecule has 0 bridgehead atoms. The third-order valence-corrected chi connectivity index (χ3v) is 5.58. The minimum atomic E-state index is -3.53. The molecule has 0 amide bonds. The average molecular weight is 333 g/mol. The van der Waals surface area contributed by atoms with Gasteiger partial charge in [-0.05, 0) is 32.0 Å². The number of ether oxygens (including phenoxy) is 1. The van der Waals surface area contributed by atoms with Crippen LogP contribution in [0.1, 0.15) is 23.3 Å². The highest BCUT2D eigenvalue weighted by molar-refractivity contribution is 7.89. The lowest BCUT2D eigenvalue weighted by molar-refractivity contribution is -0.00769. The predicted molar refractivity (Wildman–Crippen MR) is 85.4 cm³/mol. The average Bonchev–Trinajstić information content (AvgIpc) is 2.55. The number of aromatic nitrogens is 2. The summed E-state index contributed by atoms with van der Waals surface area (Å²) < 4.78 is 32.6. The fraction of sp³-hybridized carbons (Fsp3) is 0.375. The Bertz CT molecular complexity index is 773. The maximum absolute atomic E-state index is 12.7. The summed E-state index contributed by atoms with van der Waals surface area (Å²) in [7, 11) is -3.53. The van der Waals surface area contributed by atoms with E-state index in [4.69, 9.17) is 4.74 Å². The van der Waals surface area contributed by atoms with E-state index in [-0.39, 0.29) is 6.54 Å². The smallest absolute Gasteiger partial charge is 0.243 e. The zero-order valence-electron chi connectivity index (χ0n) is 13.1. The summed E-state index contributed by atoms with van der Waals surface area (Å²) in [5, 5.41) is 0. The van der Waals surface area contributed by atoms with Crippen LogP contribution in [0.25, 0.3) is 0 Å². The van der Waals surface area contributed by atoms with E-state index in [1.165, 1.54) is 4.31 Å². The molecule has 0 N–H and O–H groups in total. The van der Waals surface area contributed by atoms with E-state index in [1.807, 2.05) is 19.9 Å². The number of benzene rings is 1. The van der Waals surface area contributed by atoms with E-state index < -0.39 is 16.1 Å². The molecule has 1 unspecified atom stereocenters. The number of rotatable bonds is 3. The van der Waals surface area contributed by atoms with Crippen LogP contribution in [0.5, 0.6) is 0 Å². The lowest BCUT2D eigenvalue weighted by Gasteiger charge is -2.31. The topological polar surface area (TPSA) is 72.4 Å². The first kappa shape index (κ1) is 16.0. The summed E-state index contributed by atoms with van der Waals surface area (Å²) in [5.41, 5.74) is 1.69. The molecule has 1 aliphatic rings. The molecule has 0 saturated carbocycles. The van der Waals surface area contributed by atoms with Crippen LogP contribution in [0.2, 0.25) is 0 Å². The largest absolute Gasteiger partial charge is 0.367 e. The van der Waals surface area contributed by atoms with E-state index >= 15 is 0 Å². The molecule has 1 aliphatic heterocycles. The van der Waals surface area contributed by atoms with Crippen molar-refractivity contribution in [3.8, 4) is 0 Å². The van der Waals surface area contributed by atoms with Gasteiger partial charge in [0.1, 0.15) is 6.10 Å². The third-order valence-electron chi connectivity index (χ3n) is 3.70. The van der Waals surface area contributed by atoms with Crippen LogP contribution in [0.4, 0.5) is 0 Å². The van der Waals surface area contributed by atoms with Crippen molar-refractivity contribution in [2.45, 2.75) is 24.8 Å². The van der Waals surface area contributed by atoms with Gasteiger partial charge in [0.2, 0.25) is 10.0 Å². The maximum Gasteiger partial charge on any atom is 0.243 e. The van der Waals surface area contributed by atoms with E-state index in [2.05, 4.69) is 9.97 Å². The van der Waals surface area contributed by atoms with Gasteiger partial charge in [-0.25, -0.2) is 18.4 Å². The molecular weight excluding hydrogens is 314 g/mol. The third kappa shape index (κ3) is 3.41. The van der Waals surface area contributed by atoms with Crippen molar-refractivity contribution in [3.05, 3.63) is 53.6 Å². The molecule has 1 atom stereocenters. The number of hydrogen-bond acceptors (Lipinski definition) is 5. The van der Waals surface area contributed by atoms with Crippen LogP contribution >= 0.6 is 0 Å². The van der Waals surface area contributed by atoms with Gasteiger partial charge < -0.3 is 4.74 Å². The SMILES string of the molecule is Cc1cc(C)nc(C2CN(S(=O)(=O)c3ccccc3)CCO2)n1. The van der Waals surface area contributed by atoms with Crippen molar-refractivity contribution in [2.24, 2.45) is 0 Å².